The number of aromatic nitrogens is 2. The van der Waals surface area contributed by atoms with Crippen molar-refractivity contribution in [3.05, 3.63) is 29.7 Å². The summed E-state index contributed by atoms with van der Waals surface area (Å²) in [5.41, 5.74) is 3.05. The largest absolute Gasteiger partial charge is 0.444 e. The Hall–Kier alpha value is -2.04. The van der Waals surface area contributed by atoms with Gasteiger partial charge in [0.05, 0.1) is 5.69 Å². The average Bonchev–Trinajstić information content (AvgIpc) is 2.51. The Bertz CT molecular complexity index is 623. The maximum absolute atomic E-state index is 11.7. The molecule has 0 unspecified atom stereocenters. The van der Waals surface area contributed by atoms with E-state index < -0.39 is 11.7 Å². The fraction of sp³-hybridized carbons (Fsp3) is 0.429. The first-order valence-electron chi connectivity index (χ1n) is 6.21. The molecule has 102 valence electrons. The van der Waals surface area contributed by atoms with Gasteiger partial charge < -0.3 is 9.14 Å². The number of imidazole rings is 1. The van der Waals surface area contributed by atoms with Crippen LogP contribution in [-0.4, -0.2) is 21.1 Å². The number of fused-ring (bicyclic) bond motifs is 1. The van der Waals surface area contributed by atoms with E-state index in [0.29, 0.717) is 5.69 Å². The van der Waals surface area contributed by atoms with Crippen molar-refractivity contribution < 1.29 is 9.53 Å². The summed E-state index contributed by atoms with van der Waals surface area (Å²) in [7, 11) is 0. The highest BCUT2D eigenvalue weighted by Crippen LogP contribution is 2.16. The van der Waals surface area contributed by atoms with E-state index >= 15 is 0 Å². The number of rotatable bonds is 1. The van der Waals surface area contributed by atoms with Crippen molar-refractivity contribution in [2.24, 2.45) is 0 Å². The number of carbonyl (C=O) groups excluding carboxylic acids is 1. The van der Waals surface area contributed by atoms with Gasteiger partial charge in [0, 0.05) is 23.6 Å². The van der Waals surface area contributed by atoms with E-state index in [4.69, 9.17) is 4.74 Å². The van der Waals surface area contributed by atoms with E-state index in [1.165, 1.54) is 0 Å². The Morgan fingerprint density at radius 2 is 2.05 bits per heavy atom. The predicted octanol–water partition coefficient (Wildman–Crippen LogP) is 3.30. The van der Waals surface area contributed by atoms with Crippen LogP contribution in [0.4, 0.5) is 10.5 Å². The molecule has 0 aliphatic rings. The van der Waals surface area contributed by atoms with Gasteiger partial charge in [-0.1, -0.05) is 0 Å². The Morgan fingerprint density at radius 1 is 1.37 bits per heavy atom. The van der Waals surface area contributed by atoms with Gasteiger partial charge >= 0.3 is 6.09 Å². The number of nitrogens with one attached hydrogen (secondary N) is 1. The first-order valence-corrected chi connectivity index (χ1v) is 6.21. The molecule has 0 aliphatic heterocycles. The van der Waals surface area contributed by atoms with Crippen LogP contribution < -0.4 is 5.32 Å². The number of aryl methyl sites for hydroxylation is 2. The van der Waals surface area contributed by atoms with Crippen molar-refractivity contribution >= 4 is 17.4 Å². The van der Waals surface area contributed by atoms with Crippen LogP contribution in [0.25, 0.3) is 5.65 Å². The standard InChI is InChI=1S/C14H19N3O2/c1-9-10(2)17-7-6-11(8-12(17)15-9)16-13(18)19-14(3,4)5/h6-8H,1-5H3,(H,16,18). The molecule has 0 fully saturated rings. The number of carbonyl (C=O) groups is 1. The summed E-state index contributed by atoms with van der Waals surface area (Å²) in [6.07, 6.45) is 1.43. The van der Waals surface area contributed by atoms with Gasteiger partial charge in [-0.05, 0) is 40.7 Å². The first kappa shape index (κ1) is 13.4. The number of hydrogen-bond acceptors (Lipinski definition) is 3. The quantitative estimate of drug-likeness (QED) is 0.857. The normalized spacial score (nSPS) is 11.6. The molecule has 2 rings (SSSR count). The van der Waals surface area contributed by atoms with Gasteiger partial charge in [-0.15, -0.1) is 0 Å². The molecule has 0 aliphatic carbocycles. The third kappa shape index (κ3) is 3.05. The molecule has 1 N–H and O–H groups in total. The molecule has 0 bridgehead atoms. The van der Waals surface area contributed by atoms with Gasteiger partial charge in [-0.3, -0.25) is 5.32 Å². The van der Waals surface area contributed by atoms with Crippen LogP contribution in [0.5, 0.6) is 0 Å². The Kier molecular flexibility index (Phi) is 3.22. The number of anilines is 1. The number of amides is 1. The number of ether oxygens (including phenoxy) is 1. The lowest BCUT2D eigenvalue weighted by molar-refractivity contribution is 0.0636. The zero-order valence-electron chi connectivity index (χ0n) is 11.9. The fourth-order valence-electron chi connectivity index (χ4n) is 1.78. The SMILES string of the molecule is Cc1nc2cc(NC(=O)OC(C)(C)C)ccn2c1C. The second-order valence-corrected chi connectivity index (χ2v) is 5.55. The average molecular weight is 261 g/mol. The summed E-state index contributed by atoms with van der Waals surface area (Å²) < 4.78 is 7.19. The van der Waals surface area contributed by atoms with E-state index in [9.17, 15) is 4.79 Å². The van der Waals surface area contributed by atoms with Crippen LogP contribution in [0.3, 0.4) is 0 Å². The lowest BCUT2D eigenvalue weighted by Gasteiger charge is -2.19. The van der Waals surface area contributed by atoms with Crippen molar-refractivity contribution in [1.82, 2.24) is 9.38 Å². The molecule has 1 amide bonds. The smallest absolute Gasteiger partial charge is 0.412 e. The van der Waals surface area contributed by atoms with Crippen LogP contribution in [0.1, 0.15) is 32.2 Å². The molecule has 0 aromatic carbocycles. The van der Waals surface area contributed by atoms with E-state index in [-0.39, 0.29) is 0 Å². The zero-order valence-corrected chi connectivity index (χ0v) is 11.9. The molecule has 0 saturated heterocycles. The molecule has 0 saturated carbocycles. The number of nitrogens with zero attached hydrogens (tertiary/aromatic N) is 2. The zero-order chi connectivity index (χ0) is 14.2. The molecular formula is C14H19N3O2. The third-order valence-electron chi connectivity index (χ3n) is 2.75. The highest BCUT2D eigenvalue weighted by molar-refractivity contribution is 5.85. The molecule has 2 heterocycles. The van der Waals surface area contributed by atoms with Crippen molar-refractivity contribution in [2.45, 2.75) is 40.2 Å². The second-order valence-electron chi connectivity index (χ2n) is 5.55. The summed E-state index contributed by atoms with van der Waals surface area (Å²) in [5.74, 6) is 0. The third-order valence-corrected chi connectivity index (χ3v) is 2.75. The minimum atomic E-state index is -0.505. The van der Waals surface area contributed by atoms with E-state index in [2.05, 4.69) is 10.3 Å². The van der Waals surface area contributed by atoms with E-state index in [1.807, 2.05) is 57.3 Å². The fourth-order valence-corrected chi connectivity index (χ4v) is 1.78. The summed E-state index contributed by atoms with van der Waals surface area (Å²) in [5, 5.41) is 2.70. The Labute approximate surface area is 112 Å². The predicted molar refractivity (Wildman–Crippen MR) is 74.5 cm³/mol. The summed E-state index contributed by atoms with van der Waals surface area (Å²) >= 11 is 0. The molecule has 5 heteroatoms. The van der Waals surface area contributed by atoms with Crippen molar-refractivity contribution in [3.8, 4) is 0 Å². The molecule has 2 aromatic rings. The highest BCUT2D eigenvalue weighted by atomic mass is 16.6. The topological polar surface area (TPSA) is 55.6 Å². The van der Waals surface area contributed by atoms with Gasteiger partial charge in [0.1, 0.15) is 11.2 Å². The monoisotopic (exact) mass is 261 g/mol. The first-order chi connectivity index (χ1) is 8.76. The molecular weight excluding hydrogens is 242 g/mol. The highest BCUT2D eigenvalue weighted by Gasteiger charge is 2.16. The van der Waals surface area contributed by atoms with Gasteiger partial charge in [-0.2, -0.15) is 0 Å². The van der Waals surface area contributed by atoms with Crippen LogP contribution in [-0.2, 0) is 4.74 Å². The molecule has 5 nitrogen and oxygen atoms in total. The molecule has 0 spiro atoms. The minimum absolute atomic E-state index is 0.461. The number of hydrogen-bond donors (Lipinski definition) is 1. The van der Waals surface area contributed by atoms with Gasteiger partial charge in [0.15, 0.2) is 0 Å². The van der Waals surface area contributed by atoms with E-state index in [1.54, 1.807) is 0 Å². The van der Waals surface area contributed by atoms with Crippen molar-refractivity contribution in [3.63, 3.8) is 0 Å². The molecule has 0 atom stereocenters. The van der Waals surface area contributed by atoms with Crippen LogP contribution >= 0.6 is 0 Å². The number of pyridine rings is 1. The summed E-state index contributed by atoms with van der Waals surface area (Å²) in [6.45, 7) is 9.46. The van der Waals surface area contributed by atoms with E-state index in [0.717, 1.165) is 17.0 Å². The summed E-state index contributed by atoms with van der Waals surface area (Å²) in [4.78, 5) is 16.1. The minimum Gasteiger partial charge on any atom is -0.444 e. The van der Waals surface area contributed by atoms with Crippen LogP contribution in [0.15, 0.2) is 18.3 Å². The maximum Gasteiger partial charge on any atom is 0.412 e. The second kappa shape index (κ2) is 4.57. The van der Waals surface area contributed by atoms with Gasteiger partial charge in [-0.25, -0.2) is 9.78 Å². The maximum atomic E-state index is 11.7. The Balaban J connectivity index is 2.20. The van der Waals surface area contributed by atoms with Gasteiger partial charge in [0.2, 0.25) is 0 Å². The van der Waals surface area contributed by atoms with Crippen LogP contribution in [0, 0.1) is 13.8 Å². The van der Waals surface area contributed by atoms with Gasteiger partial charge in [0.25, 0.3) is 0 Å². The summed E-state index contributed by atoms with van der Waals surface area (Å²) in [6, 6.07) is 3.65. The Morgan fingerprint density at radius 3 is 2.68 bits per heavy atom. The van der Waals surface area contributed by atoms with Crippen molar-refractivity contribution in [2.75, 3.05) is 5.32 Å². The lowest BCUT2D eigenvalue weighted by Crippen LogP contribution is -2.27. The molecule has 19 heavy (non-hydrogen) atoms. The molecule has 2 aromatic heterocycles. The van der Waals surface area contributed by atoms with Crippen molar-refractivity contribution in [1.29, 1.82) is 0 Å². The lowest BCUT2D eigenvalue weighted by atomic mass is 10.2. The molecule has 0 radical (unpaired) electrons. The van der Waals surface area contributed by atoms with Crippen LogP contribution in [0.2, 0.25) is 0 Å².